The van der Waals surface area contributed by atoms with Gasteiger partial charge in [0.25, 0.3) is 0 Å². The van der Waals surface area contributed by atoms with E-state index in [4.69, 9.17) is 0 Å². The molecule has 2 nitrogen and oxygen atoms in total. The lowest BCUT2D eigenvalue weighted by Gasteiger charge is -2.24. The van der Waals surface area contributed by atoms with Crippen LogP contribution in [0.2, 0.25) is 19.6 Å². The van der Waals surface area contributed by atoms with Gasteiger partial charge in [0.1, 0.15) is 0 Å². The third kappa shape index (κ3) is 1.82. The van der Waals surface area contributed by atoms with E-state index < -0.39 is 17.9 Å². The van der Waals surface area contributed by atoms with Gasteiger partial charge in [-0.3, -0.25) is 0 Å². The van der Waals surface area contributed by atoms with E-state index in [1.54, 1.807) is 0 Å². The first-order valence-corrected chi connectivity index (χ1v) is 10.9. The van der Waals surface area contributed by atoms with Crippen molar-refractivity contribution in [1.29, 1.82) is 0 Å². The number of hydrogen-bond acceptors (Lipinski definition) is 2. The first kappa shape index (κ1) is 11.4. The Balaban J connectivity index is 2.40. The van der Waals surface area contributed by atoms with Crippen LogP contribution in [-0.4, -0.2) is 21.4 Å². The quantitative estimate of drug-likeness (QED) is 0.665. The molecule has 0 spiro atoms. The molecule has 2 rings (SSSR count). The molecule has 1 unspecified atom stereocenters. The minimum atomic E-state index is -2.90. The topological polar surface area (TPSA) is 34.1 Å². The monoisotopic (exact) mass is 244 g/mol. The second-order valence-electron chi connectivity index (χ2n) is 5.84. The minimum Gasteiger partial charge on any atom is -0.224 e. The zero-order valence-corrected chi connectivity index (χ0v) is 11.7. The highest BCUT2D eigenvalue weighted by Crippen LogP contribution is 2.43. The Morgan fingerprint density at radius 1 is 1.13 bits per heavy atom. The Labute approximate surface area is 93.7 Å². The molecule has 1 heterocycles. The SMILES string of the molecule is C[Si](C)(C)C1CC2=C(CCCC2)S1(=O)=O. The van der Waals surface area contributed by atoms with Crippen LogP contribution in [0, 0.1) is 0 Å². The fourth-order valence-corrected chi connectivity index (χ4v) is 9.57. The lowest BCUT2D eigenvalue weighted by Crippen LogP contribution is -2.41. The Kier molecular flexibility index (Phi) is 2.62. The summed E-state index contributed by atoms with van der Waals surface area (Å²) in [6.45, 7) is 6.52. The lowest BCUT2D eigenvalue weighted by molar-refractivity contribution is 0.597. The molecule has 0 N–H and O–H groups in total. The highest BCUT2D eigenvalue weighted by molar-refractivity contribution is 7.97. The molecule has 0 fully saturated rings. The predicted octanol–water partition coefficient (Wildman–Crippen LogP) is 2.88. The van der Waals surface area contributed by atoms with Gasteiger partial charge in [-0.05, 0) is 32.1 Å². The van der Waals surface area contributed by atoms with Gasteiger partial charge < -0.3 is 0 Å². The predicted molar refractivity (Wildman–Crippen MR) is 66.2 cm³/mol. The fraction of sp³-hybridized carbons (Fsp3) is 0.818. The summed E-state index contributed by atoms with van der Waals surface area (Å²) in [6, 6.07) is 0. The normalized spacial score (nSPS) is 30.5. The maximum atomic E-state index is 12.4. The smallest absolute Gasteiger partial charge is 0.175 e. The average Bonchev–Trinajstić information content (AvgIpc) is 2.39. The van der Waals surface area contributed by atoms with Crippen molar-refractivity contribution in [1.82, 2.24) is 0 Å². The fourth-order valence-electron chi connectivity index (χ4n) is 2.78. The number of sulfone groups is 1. The zero-order valence-electron chi connectivity index (χ0n) is 9.84. The van der Waals surface area contributed by atoms with Crippen molar-refractivity contribution in [3.05, 3.63) is 10.5 Å². The van der Waals surface area contributed by atoms with Crippen molar-refractivity contribution in [2.45, 2.75) is 56.6 Å². The summed E-state index contributed by atoms with van der Waals surface area (Å²) < 4.78 is 24.7. The molecule has 0 aromatic heterocycles. The van der Waals surface area contributed by atoms with Gasteiger partial charge in [0.2, 0.25) is 0 Å². The zero-order chi connectivity index (χ0) is 11.3. The van der Waals surface area contributed by atoms with Crippen LogP contribution in [-0.2, 0) is 9.84 Å². The van der Waals surface area contributed by atoms with Crippen molar-refractivity contribution in [2.24, 2.45) is 0 Å². The molecule has 4 heteroatoms. The van der Waals surface area contributed by atoms with E-state index in [1.165, 1.54) is 12.0 Å². The van der Waals surface area contributed by atoms with Crippen molar-refractivity contribution in [2.75, 3.05) is 0 Å². The molecule has 1 aliphatic carbocycles. The summed E-state index contributed by atoms with van der Waals surface area (Å²) in [6.07, 6.45) is 4.96. The summed E-state index contributed by atoms with van der Waals surface area (Å²) in [5.41, 5.74) is 1.27. The van der Waals surface area contributed by atoms with Crippen LogP contribution in [0.4, 0.5) is 0 Å². The maximum Gasteiger partial charge on any atom is 0.175 e. The van der Waals surface area contributed by atoms with Crippen molar-refractivity contribution in [3.8, 4) is 0 Å². The van der Waals surface area contributed by atoms with Gasteiger partial charge in [0.05, 0.1) is 12.9 Å². The van der Waals surface area contributed by atoms with E-state index in [-0.39, 0.29) is 4.87 Å². The van der Waals surface area contributed by atoms with Gasteiger partial charge in [-0.1, -0.05) is 25.2 Å². The molecular weight excluding hydrogens is 224 g/mol. The number of hydrogen-bond donors (Lipinski definition) is 0. The van der Waals surface area contributed by atoms with Crippen molar-refractivity contribution >= 4 is 17.9 Å². The molecule has 1 atom stereocenters. The lowest BCUT2D eigenvalue weighted by atomic mass is 9.98. The van der Waals surface area contributed by atoms with E-state index >= 15 is 0 Å². The molecule has 0 radical (unpaired) electrons. The molecule has 15 heavy (non-hydrogen) atoms. The van der Waals surface area contributed by atoms with Crippen LogP contribution in [0.15, 0.2) is 10.5 Å². The summed E-state index contributed by atoms with van der Waals surface area (Å²) in [4.78, 5) is 0.800. The highest BCUT2D eigenvalue weighted by atomic mass is 32.2. The maximum absolute atomic E-state index is 12.4. The highest BCUT2D eigenvalue weighted by Gasteiger charge is 2.46. The van der Waals surface area contributed by atoms with Crippen LogP contribution < -0.4 is 0 Å². The Hall–Kier alpha value is -0.0931. The first-order valence-electron chi connectivity index (χ1n) is 5.78. The van der Waals surface area contributed by atoms with Gasteiger partial charge in [0, 0.05) is 4.91 Å². The molecule has 1 aliphatic heterocycles. The third-order valence-electron chi connectivity index (χ3n) is 3.64. The third-order valence-corrected chi connectivity index (χ3v) is 10.9. The molecule has 0 saturated carbocycles. The van der Waals surface area contributed by atoms with Crippen LogP contribution in [0.3, 0.4) is 0 Å². The van der Waals surface area contributed by atoms with E-state index in [1.807, 2.05) is 0 Å². The molecule has 0 aromatic carbocycles. The average molecular weight is 244 g/mol. The van der Waals surface area contributed by atoms with Crippen LogP contribution >= 0.6 is 0 Å². The molecular formula is C11H20O2SSi. The van der Waals surface area contributed by atoms with Gasteiger partial charge in [0.15, 0.2) is 9.84 Å². The van der Waals surface area contributed by atoms with Gasteiger partial charge in [-0.15, -0.1) is 0 Å². The van der Waals surface area contributed by atoms with Crippen LogP contribution in [0.5, 0.6) is 0 Å². The standard InChI is InChI=1S/C11H20O2SSi/c1-15(2,3)11-8-9-6-4-5-7-10(9)14(11,12)13/h11H,4-8H2,1-3H3. The van der Waals surface area contributed by atoms with E-state index in [0.29, 0.717) is 0 Å². The second-order valence-corrected chi connectivity index (χ2v) is 13.8. The van der Waals surface area contributed by atoms with E-state index in [2.05, 4.69) is 19.6 Å². The van der Waals surface area contributed by atoms with E-state index in [0.717, 1.165) is 30.6 Å². The molecule has 0 aromatic rings. The summed E-state index contributed by atoms with van der Waals surface area (Å²) in [5.74, 6) is 0. The summed E-state index contributed by atoms with van der Waals surface area (Å²) in [5, 5.41) is 0. The Morgan fingerprint density at radius 2 is 1.73 bits per heavy atom. The van der Waals surface area contributed by atoms with Crippen molar-refractivity contribution in [3.63, 3.8) is 0 Å². The molecule has 0 amide bonds. The molecule has 86 valence electrons. The van der Waals surface area contributed by atoms with Gasteiger partial charge in [-0.2, -0.15) is 0 Å². The molecule has 2 aliphatic rings. The van der Waals surface area contributed by atoms with Gasteiger partial charge >= 0.3 is 0 Å². The Morgan fingerprint density at radius 3 is 2.27 bits per heavy atom. The minimum absolute atomic E-state index is 0.0342. The number of allylic oxidation sites excluding steroid dienone is 2. The summed E-state index contributed by atoms with van der Waals surface area (Å²) in [7, 11) is -4.48. The van der Waals surface area contributed by atoms with Crippen LogP contribution in [0.1, 0.15) is 32.1 Å². The summed E-state index contributed by atoms with van der Waals surface area (Å²) >= 11 is 0. The largest absolute Gasteiger partial charge is 0.224 e. The van der Waals surface area contributed by atoms with Crippen molar-refractivity contribution < 1.29 is 8.42 Å². The first-order chi connectivity index (χ1) is 6.83. The molecule has 0 bridgehead atoms. The van der Waals surface area contributed by atoms with E-state index in [9.17, 15) is 8.42 Å². The van der Waals surface area contributed by atoms with Gasteiger partial charge in [-0.25, -0.2) is 8.42 Å². The Bertz CT molecular complexity index is 401. The number of rotatable bonds is 1. The van der Waals surface area contributed by atoms with Crippen LogP contribution in [0.25, 0.3) is 0 Å². The molecule has 0 saturated heterocycles. The second kappa shape index (κ2) is 3.45.